The van der Waals surface area contributed by atoms with Gasteiger partial charge in [0.15, 0.2) is 0 Å². The first-order valence-electron chi connectivity index (χ1n) is 8.31. The van der Waals surface area contributed by atoms with E-state index in [4.69, 9.17) is 33.0 Å². The lowest BCUT2D eigenvalue weighted by Crippen LogP contribution is -2.20. The van der Waals surface area contributed by atoms with Crippen LogP contribution < -0.4 is 4.74 Å². The number of hydrogen-bond acceptors (Lipinski definition) is 2. The van der Waals surface area contributed by atoms with Gasteiger partial charge in [-0.25, -0.2) is 0 Å². The molecule has 0 aromatic heterocycles. The van der Waals surface area contributed by atoms with E-state index in [9.17, 15) is 4.79 Å². The number of carboxylic acid groups (broad SMARTS) is 1. The summed E-state index contributed by atoms with van der Waals surface area (Å²) in [6.07, 6.45) is 6.76. The summed E-state index contributed by atoms with van der Waals surface area (Å²) in [5.41, 5.74) is 2.30. The molecule has 0 radical (unpaired) electrons. The third-order valence-corrected chi connectivity index (χ3v) is 5.47. The van der Waals surface area contributed by atoms with Gasteiger partial charge in [-0.1, -0.05) is 53.6 Å². The Morgan fingerprint density at radius 2 is 1.96 bits per heavy atom. The van der Waals surface area contributed by atoms with Crippen molar-refractivity contribution < 1.29 is 14.6 Å². The van der Waals surface area contributed by atoms with Crippen molar-refractivity contribution in [1.29, 1.82) is 0 Å². The molecule has 1 N–H and O–H groups in total. The van der Waals surface area contributed by atoms with Crippen LogP contribution in [0.15, 0.2) is 66.3 Å². The molecular weight excluding hydrogens is 371 g/mol. The molecule has 3 nitrogen and oxygen atoms in total. The Hall–Kier alpha value is -2.23. The van der Waals surface area contributed by atoms with Crippen LogP contribution in [0.3, 0.4) is 0 Å². The molecule has 0 amide bonds. The van der Waals surface area contributed by atoms with Gasteiger partial charge in [-0.05, 0) is 47.0 Å². The van der Waals surface area contributed by atoms with Crippen molar-refractivity contribution in [2.45, 2.75) is 18.4 Å². The van der Waals surface area contributed by atoms with Crippen LogP contribution in [-0.2, 0) is 4.79 Å². The zero-order valence-electron chi connectivity index (χ0n) is 13.8. The van der Waals surface area contributed by atoms with E-state index in [0.717, 1.165) is 28.9 Å². The van der Waals surface area contributed by atoms with E-state index in [1.54, 1.807) is 6.07 Å². The molecule has 1 saturated carbocycles. The summed E-state index contributed by atoms with van der Waals surface area (Å²) >= 11 is 12.1. The number of aliphatic carboxylic acids is 1. The lowest BCUT2D eigenvalue weighted by Gasteiger charge is -2.20. The molecule has 2 aromatic rings. The minimum Gasteiger partial charge on any atom is -0.483 e. The quantitative estimate of drug-likeness (QED) is 0.709. The van der Waals surface area contributed by atoms with Crippen molar-refractivity contribution in [3.63, 3.8) is 0 Å². The highest BCUT2D eigenvalue weighted by Gasteiger charge is 2.55. The van der Waals surface area contributed by atoms with Crippen LogP contribution in [0, 0.1) is 5.92 Å². The molecule has 2 unspecified atom stereocenters. The predicted molar refractivity (Wildman–Crippen MR) is 103 cm³/mol. The Bertz CT molecular complexity index is 948. The Morgan fingerprint density at radius 1 is 1.15 bits per heavy atom. The molecule has 0 bridgehead atoms. The zero-order chi connectivity index (χ0) is 18.3. The maximum Gasteiger partial charge on any atom is 0.307 e. The Kier molecular flexibility index (Phi) is 4.29. The Morgan fingerprint density at radius 3 is 2.73 bits per heavy atom. The molecule has 0 spiro atoms. The topological polar surface area (TPSA) is 46.5 Å². The number of ether oxygens (including phenoxy) is 1. The summed E-state index contributed by atoms with van der Waals surface area (Å²) in [4.78, 5) is 11.0. The number of benzene rings is 2. The average molecular weight is 387 g/mol. The van der Waals surface area contributed by atoms with E-state index >= 15 is 0 Å². The normalized spacial score (nSPS) is 23.2. The number of hydrogen-bond donors (Lipinski definition) is 1. The molecule has 2 aliphatic rings. The monoisotopic (exact) mass is 386 g/mol. The van der Waals surface area contributed by atoms with E-state index < -0.39 is 11.6 Å². The third kappa shape index (κ3) is 3.37. The van der Waals surface area contributed by atoms with Gasteiger partial charge in [0.05, 0.1) is 16.5 Å². The summed E-state index contributed by atoms with van der Waals surface area (Å²) in [5, 5.41) is 10.0. The Labute approximate surface area is 161 Å². The maximum atomic E-state index is 11.0. The fourth-order valence-electron chi connectivity index (χ4n) is 3.35. The molecule has 2 aromatic carbocycles. The summed E-state index contributed by atoms with van der Waals surface area (Å²) in [6, 6.07) is 13.3. The van der Waals surface area contributed by atoms with Crippen molar-refractivity contribution in [3.05, 3.63) is 76.3 Å². The summed E-state index contributed by atoms with van der Waals surface area (Å²) in [6.45, 7) is 0. The largest absolute Gasteiger partial charge is 0.483 e. The summed E-state index contributed by atoms with van der Waals surface area (Å²) < 4.78 is 6.27. The van der Waals surface area contributed by atoms with E-state index in [1.165, 1.54) is 0 Å². The fourth-order valence-corrected chi connectivity index (χ4v) is 3.65. The van der Waals surface area contributed by atoms with Gasteiger partial charge in [0.25, 0.3) is 0 Å². The predicted octanol–water partition coefficient (Wildman–Crippen LogP) is 5.77. The van der Waals surface area contributed by atoms with Gasteiger partial charge in [-0.15, -0.1) is 0 Å². The highest BCUT2D eigenvalue weighted by Crippen LogP contribution is 2.52. The lowest BCUT2D eigenvalue weighted by molar-refractivity contribution is -0.136. The second-order valence-corrected chi connectivity index (χ2v) is 7.49. The number of halogens is 2. The van der Waals surface area contributed by atoms with E-state index in [-0.39, 0.29) is 6.42 Å². The third-order valence-electron chi connectivity index (χ3n) is 4.73. The first kappa shape index (κ1) is 17.2. The van der Waals surface area contributed by atoms with Crippen molar-refractivity contribution in [2.24, 2.45) is 5.92 Å². The minimum atomic E-state index is -0.836. The molecule has 2 atom stereocenters. The molecular formula is C21H16Cl2O3. The molecule has 2 aliphatic carbocycles. The first-order chi connectivity index (χ1) is 12.4. The maximum absolute atomic E-state index is 11.0. The smallest absolute Gasteiger partial charge is 0.307 e. The molecule has 0 aliphatic heterocycles. The van der Waals surface area contributed by atoms with Gasteiger partial charge >= 0.3 is 5.97 Å². The van der Waals surface area contributed by atoms with Crippen LogP contribution in [0.2, 0.25) is 10.0 Å². The van der Waals surface area contributed by atoms with Gasteiger partial charge < -0.3 is 9.84 Å². The first-order valence-corrected chi connectivity index (χ1v) is 9.07. The van der Waals surface area contributed by atoms with Crippen LogP contribution in [0.1, 0.15) is 12.8 Å². The Balaban J connectivity index is 1.58. The van der Waals surface area contributed by atoms with E-state index in [2.05, 4.69) is 0 Å². The van der Waals surface area contributed by atoms with Crippen molar-refractivity contribution >= 4 is 29.2 Å². The van der Waals surface area contributed by atoms with Gasteiger partial charge in [0.1, 0.15) is 11.4 Å². The molecule has 26 heavy (non-hydrogen) atoms. The summed E-state index contributed by atoms with van der Waals surface area (Å²) in [7, 11) is 0. The van der Waals surface area contributed by atoms with Crippen LogP contribution >= 0.6 is 23.2 Å². The second kappa shape index (κ2) is 6.49. The highest BCUT2D eigenvalue weighted by molar-refractivity contribution is 6.42. The molecule has 4 rings (SSSR count). The van der Waals surface area contributed by atoms with Crippen LogP contribution in [0.4, 0.5) is 0 Å². The second-order valence-electron chi connectivity index (χ2n) is 6.67. The van der Waals surface area contributed by atoms with Crippen molar-refractivity contribution in [2.75, 3.05) is 0 Å². The number of carbonyl (C=O) groups is 1. The lowest BCUT2D eigenvalue weighted by atomic mass is 10.0. The molecule has 0 heterocycles. The number of allylic oxidation sites excluding steroid dienone is 1. The fraction of sp³-hybridized carbons (Fsp3) is 0.190. The zero-order valence-corrected chi connectivity index (χ0v) is 15.3. The van der Waals surface area contributed by atoms with Gasteiger partial charge in [0.2, 0.25) is 0 Å². The standard InChI is InChI=1S/C21H16Cl2O3/c22-18-7-5-15(10-19(18)23)14-2-1-3-17(9-14)26-21-11-13(8-20(24)25)4-6-16(21)12-21/h1-7,9-11,16H,8,12H2,(H,24,25). The molecule has 0 saturated heterocycles. The van der Waals surface area contributed by atoms with Crippen LogP contribution in [-0.4, -0.2) is 16.7 Å². The van der Waals surface area contributed by atoms with Gasteiger partial charge in [-0.3, -0.25) is 4.79 Å². The van der Waals surface area contributed by atoms with E-state index in [1.807, 2.05) is 54.6 Å². The number of fused-ring (bicyclic) bond motifs is 1. The average Bonchev–Trinajstić information content (AvgIpc) is 3.30. The van der Waals surface area contributed by atoms with Crippen LogP contribution in [0.5, 0.6) is 5.75 Å². The van der Waals surface area contributed by atoms with Crippen LogP contribution in [0.25, 0.3) is 11.1 Å². The summed E-state index contributed by atoms with van der Waals surface area (Å²) in [5.74, 6) is 0.211. The van der Waals surface area contributed by atoms with E-state index in [0.29, 0.717) is 16.0 Å². The number of rotatable bonds is 5. The number of carboxylic acids is 1. The highest BCUT2D eigenvalue weighted by atomic mass is 35.5. The SMILES string of the molecule is O=C(O)CC1=CC2(Oc3cccc(-c4ccc(Cl)c(Cl)c4)c3)CC2C=C1. The van der Waals surface area contributed by atoms with Gasteiger partial charge in [0, 0.05) is 12.3 Å². The van der Waals surface area contributed by atoms with Crippen molar-refractivity contribution in [1.82, 2.24) is 0 Å². The van der Waals surface area contributed by atoms with Crippen molar-refractivity contribution in [3.8, 4) is 16.9 Å². The molecule has 5 heteroatoms. The van der Waals surface area contributed by atoms with Gasteiger partial charge in [-0.2, -0.15) is 0 Å². The molecule has 1 fully saturated rings. The minimum absolute atomic E-state index is 0.0116. The molecule has 132 valence electrons.